The number of halogens is 2. The number of aldehydes is 1. The standard InChI is InChI=1S/C13H14F2O/c14-12-3-1-2-11(13(12)15)10-6-4-9(8-16)5-7-10/h1-3,8-10H,4-7H2. The predicted molar refractivity (Wildman–Crippen MR) is 57.1 cm³/mol. The molecule has 0 spiro atoms. The maximum Gasteiger partial charge on any atom is 0.162 e. The molecule has 1 aliphatic rings. The summed E-state index contributed by atoms with van der Waals surface area (Å²) in [6, 6.07) is 4.32. The molecule has 0 radical (unpaired) electrons. The van der Waals surface area contributed by atoms with Crippen LogP contribution in [0.15, 0.2) is 18.2 Å². The van der Waals surface area contributed by atoms with Crippen LogP contribution in [0.2, 0.25) is 0 Å². The molecule has 1 fully saturated rings. The summed E-state index contributed by atoms with van der Waals surface area (Å²) in [6.45, 7) is 0. The van der Waals surface area contributed by atoms with Gasteiger partial charge in [-0.2, -0.15) is 0 Å². The van der Waals surface area contributed by atoms with Crippen molar-refractivity contribution in [3.05, 3.63) is 35.4 Å². The van der Waals surface area contributed by atoms with Crippen LogP contribution >= 0.6 is 0 Å². The third-order valence-electron chi connectivity index (χ3n) is 3.39. The van der Waals surface area contributed by atoms with E-state index >= 15 is 0 Å². The van der Waals surface area contributed by atoms with E-state index in [-0.39, 0.29) is 11.8 Å². The zero-order chi connectivity index (χ0) is 11.5. The van der Waals surface area contributed by atoms with Crippen LogP contribution in [0.3, 0.4) is 0 Å². The molecule has 0 amide bonds. The Morgan fingerprint density at radius 2 is 1.81 bits per heavy atom. The van der Waals surface area contributed by atoms with Crippen LogP contribution in [0.1, 0.15) is 37.2 Å². The van der Waals surface area contributed by atoms with Crippen molar-refractivity contribution in [2.24, 2.45) is 5.92 Å². The topological polar surface area (TPSA) is 17.1 Å². The van der Waals surface area contributed by atoms with Crippen molar-refractivity contribution in [1.82, 2.24) is 0 Å². The SMILES string of the molecule is O=CC1CCC(c2cccc(F)c2F)CC1. The first-order valence-corrected chi connectivity index (χ1v) is 5.61. The van der Waals surface area contributed by atoms with Gasteiger partial charge < -0.3 is 4.79 Å². The first-order chi connectivity index (χ1) is 7.72. The molecular formula is C13H14F2O. The summed E-state index contributed by atoms with van der Waals surface area (Å²) >= 11 is 0. The van der Waals surface area contributed by atoms with Crippen molar-refractivity contribution in [2.45, 2.75) is 31.6 Å². The molecule has 86 valence electrons. The van der Waals surface area contributed by atoms with E-state index in [1.54, 1.807) is 12.1 Å². The van der Waals surface area contributed by atoms with Crippen molar-refractivity contribution in [1.29, 1.82) is 0 Å². The van der Waals surface area contributed by atoms with Gasteiger partial charge in [0.1, 0.15) is 6.29 Å². The lowest BCUT2D eigenvalue weighted by Crippen LogP contribution is -2.15. The minimum atomic E-state index is -0.782. The number of hydrogen-bond acceptors (Lipinski definition) is 1. The Hall–Kier alpha value is -1.25. The quantitative estimate of drug-likeness (QED) is 0.703. The van der Waals surface area contributed by atoms with E-state index in [0.29, 0.717) is 5.56 Å². The molecule has 1 aromatic carbocycles. The smallest absolute Gasteiger partial charge is 0.162 e. The van der Waals surface area contributed by atoms with Crippen molar-refractivity contribution in [3.63, 3.8) is 0 Å². The Morgan fingerprint density at radius 3 is 2.44 bits per heavy atom. The molecule has 0 bridgehead atoms. The average Bonchev–Trinajstić information content (AvgIpc) is 2.33. The molecule has 1 aliphatic carbocycles. The fourth-order valence-corrected chi connectivity index (χ4v) is 2.40. The van der Waals surface area contributed by atoms with Gasteiger partial charge in [0.15, 0.2) is 11.6 Å². The summed E-state index contributed by atoms with van der Waals surface area (Å²) < 4.78 is 26.6. The van der Waals surface area contributed by atoms with E-state index in [1.165, 1.54) is 0 Å². The van der Waals surface area contributed by atoms with E-state index in [2.05, 4.69) is 0 Å². The zero-order valence-electron chi connectivity index (χ0n) is 8.96. The summed E-state index contributed by atoms with van der Waals surface area (Å²) in [4.78, 5) is 10.6. The highest BCUT2D eigenvalue weighted by Gasteiger charge is 2.24. The van der Waals surface area contributed by atoms with Gasteiger partial charge in [-0.1, -0.05) is 12.1 Å². The zero-order valence-corrected chi connectivity index (χ0v) is 8.96. The molecule has 2 rings (SSSR count). The number of hydrogen-bond donors (Lipinski definition) is 0. The van der Waals surface area contributed by atoms with Gasteiger partial charge in [-0.3, -0.25) is 0 Å². The van der Waals surface area contributed by atoms with E-state index in [0.717, 1.165) is 38.0 Å². The first-order valence-electron chi connectivity index (χ1n) is 5.61. The number of rotatable bonds is 2. The molecule has 0 N–H and O–H groups in total. The highest BCUT2D eigenvalue weighted by atomic mass is 19.2. The molecule has 1 aromatic rings. The first kappa shape index (κ1) is 11.2. The second-order valence-corrected chi connectivity index (χ2v) is 4.39. The lowest BCUT2D eigenvalue weighted by atomic mass is 9.79. The monoisotopic (exact) mass is 224 g/mol. The highest BCUT2D eigenvalue weighted by Crippen LogP contribution is 2.36. The Labute approximate surface area is 93.5 Å². The van der Waals surface area contributed by atoms with Gasteiger partial charge in [0, 0.05) is 5.92 Å². The van der Waals surface area contributed by atoms with Gasteiger partial charge in [-0.05, 0) is 43.2 Å². The van der Waals surface area contributed by atoms with Crippen LogP contribution in [0.4, 0.5) is 8.78 Å². The lowest BCUT2D eigenvalue weighted by molar-refractivity contribution is -0.111. The van der Waals surface area contributed by atoms with Crippen LogP contribution in [-0.2, 0) is 4.79 Å². The number of carbonyl (C=O) groups excluding carboxylic acids is 1. The maximum absolute atomic E-state index is 13.5. The molecule has 0 aromatic heterocycles. The van der Waals surface area contributed by atoms with E-state index in [9.17, 15) is 13.6 Å². The molecule has 1 nitrogen and oxygen atoms in total. The molecule has 0 unspecified atom stereocenters. The van der Waals surface area contributed by atoms with Crippen LogP contribution in [0.5, 0.6) is 0 Å². The van der Waals surface area contributed by atoms with Gasteiger partial charge in [0.2, 0.25) is 0 Å². The van der Waals surface area contributed by atoms with Gasteiger partial charge >= 0.3 is 0 Å². The molecule has 3 heteroatoms. The van der Waals surface area contributed by atoms with Crippen molar-refractivity contribution < 1.29 is 13.6 Å². The van der Waals surface area contributed by atoms with Crippen LogP contribution in [0.25, 0.3) is 0 Å². The third-order valence-corrected chi connectivity index (χ3v) is 3.39. The summed E-state index contributed by atoms with van der Waals surface area (Å²) in [5, 5.41) is 0. The lowest BCUT2D eigenvalue weighted by Gasteiger charge is -2.25. The normalized spacial score (nSPS) is 25.4. The number of carbonyl (C=O) groups is 1. The molecule has 0 saturated heterocycles. The average molecular weight is 224 g/mol. The highest BCUT2D eigenvalue weighted by molar-refractivity contribution is 5.53. The Balaban J connectivity index is 2.14. The van der Waals surface area contributed by atoms with Gasteiger partial charge in [-0.25, -0.2) is 8.78 Å². The van der Waals surface area contributed by atoms with Gasteiger partial charge in [0.05, 0.1) is 0 Å². The second kappa shape index (κ2) is 4.73. The minimum Gasteiger partial charge on any atom is -0.303 e. The van der Waals surface area contributed by atoms with Crippen LogP contribution in [0, 0.1) is 17.6 Å². The molecule has 0 aliphatic heterocycles. The van der Waals surface area contributed by atoms with Crippen molar-refractivity contribution in [3.8, 4) is 0 Å². The largest absolute Gasteiger partial charge is 0.303 e. The molecule has 1 saturated carbocycles. The second-order valence-electron chi connectivity index (χ2n) is 4.39. The van der Waals surface area contributed by atoms with Crippen molar-refractivity contribution >= 4 is 6.29 Å². The van der Waals surface area contributed by atoms with Gasteiger partial charge in [-0.15, -0.1) is 0 Å². The minimum absolute atomic E-state index is 0.0619. The molecule has 0 heterocycles. The Kier molecular flexibility index (Phi) is 3.32. The fraction of sp³-hybridized carbons (Fsp3) is 0.462. The Morgan fingerprint density at radius 1 is 1.12 bits per heavy atom. The summed E-state index contributed by atoms with van der Waals surface area (Å²) in [6.07, 6.45) is 4.07. The number of benzene rings is 1. The maximum atomic E-state index is 13.5. The van der Waals surface area contributed by atoms with Crippen LogP contribution < -0.4 is 0 Å². The van der Waals surface area contributed by atoms with Crippen molar-refractivity contribution in [2.75, 3.05) is 0 Å². The molecule has 16 heavy (non-hydrogen) atoms. The summed E-state index contributed by atoms with van der Waals surface area (Å²) in [7, 11) is 0. The summed E-state index contributed by atoms with van der Waals surface area (Å²) in [5.41, 5.74) is 0.462. The molecular weight excluding hydrogens is 210 g/mol. The van der Waals surface area contributed by atoms with E-state index < -0.39 is 11.6 Å². The van der Waals surface area contributed by atoms with Gasteiger partial charge in [0.25, 0.3) is 0 Å². The van der Waals surface area contributed by atoms with Crippen LogP contribution in [-0.4, -0.2) is 6.29 Å². The third kappa shape index (κ3) is 2.13. The van der Waals surface area contributed by atoms with E-state index in [4.69, 9.17) is 0 Å². The molecule has 0 atom stereocenters. The summed E-state index contributed by atoms with van der Waals surface area (Å²) in [5.74, 6) is -1.34. The fourth-order valence-electron chi connectivity index (χ4n) is 2.40. The predicted octanol–water partition coefficient (Wildman–Crippen LogP) is 3.44. The Bertz CT molecular complexity index is 382. The van der Waals surface area contributed by atoms with E-state index in [1.807, 2.05) is 0 Å².